The third kappa shape index (κ3) is 3.19. The number of aromatic amines is 1. The van der Waals surface area contributed by atoms with E-state index < -0.39 is 22.5 Å². The molecule has 0 bridgehead atoms. The van der Waals surface area contributed by atoms with Crippen LogP contribution in [0.1, 0.15) is 42.7 Å². The van der Waals surface area contributed by atoms with Gasteiger partial charge < -0.3 is 19.8 Å². The van der Waals surface area contributed by atoms with Gasteiger partial charge in [0, 0.05) is 18.8 Å². The van der Waals surface area contributed by atoms with Crippen molar-refractivity contribution in [1.82, 2.24) is 10.3 Å². The molecule has 3 rings (SSSR count). The van der Waals surface area contributed by atoms with Crippen molar-refractivity contribution in [2.75, 3.05) is 6.54 Å². The molecular weight excluding hydrogens is 300 g/mol. The number of amides is 1. The van der Waals surface area contributed by atoms with E-state index in [-0.39, 0.29) is 23.3 Å². The average molecular weight is 318 g/mol. The molecule has 0 unspecified atom stereocenters. The second kappa shape index (κ2) is 6.00. The van der Waals surface area contributed by atoms with Crippen LogP contribution in [-0.2, 0) is 0 Å². The van der Waals surface area contributed by atoms with E-state index in [9.17, 15) is 19.5 Å². The zero-order valence-corrected chi connectivity index (χ0v) is 12.6. The summed E-state index contributed by atoms with van der Waals surface area (Å²) < 4.78 is 5.27. The van der Waals surface area contributed by atoms with Gasteiger partial charge in [-0.15, -0.1) is 0 Å². The van der Waals surface area contributed by atoms with Crippen LogP contribution in [0.5, 0.6) is 0 Å². The number of carbonyl (C=O) groups is 1. The summed E-state index contributed by atoms with van der Waals surface area (Å²) in [4.78, 5) is 38.3. The van der Waals surface area contributed by atoms with Crippen LogP contribution in [0.2, 0.25) is 0 Å². The Morgan fingerprint density at radius 2 is 2.04 bits per heavy atom. The third-order valence-corrected chi connectivity index (χ3v) is 4.24. The van der Waals surface area contributed by atoms with Gasteiger partial charge in [-0.25, -0.2) is 0 Å². The molecule has 0 aromatic carbocycles. The summed E-state index contributed by atoms with van der Waals surface area (Å²) in [6, 6.07) is 2.48. The SMILES string of the molecule is O=C(NCC1(O)CCCCC1)c1cc(=O)c2cc[nH]c(=O)c2o1. The molecule has 7 nitrogen and oxygen atoms in total. The molecule has 0 radical (unpaired) electrons. The van der Waals surface area contributed by atoms with E-state index in [0.717, 1.165) is 25.3 Å². The van der Waals surface area contributed by atoms with Crippen molar-refractivity contribution < 1.29 is 14.3 Å². The molecule has 3 N–H and O–H groups in total. The van der Waals surface area contributed by atoms with Gasteiger partial charge in [0.25, 0.3) is 11.5 Å². The highest BCUT2D eigenvalue weighted by Gasteiger charge is 2.30. The Hall–Kier alpha value is -2.41. The number of aromatic nitrogens is 1. The number of H-pyrrole nitrogens is 1. The summed E-state index contributed by atoms with van der Waals surface area (Å²) >= 11 is 0. The minimum atomic E-state index is -0.914. The highest BCUT2D eigenvalue weighted by Crippen LogP contribution is 2.27. The summed E-state index contributed by atoms with van der Waals surface area (Å²) in [5, 5.41) is 13.1. The number of aliphatic hydroxyl groups is 1. The molecule has 122 valence electrons. The second-order valence-corrected chi connectivity index (χ2v) is 5.99. The van der Waals surface area contributed by atoms with Crippen molar-refractivity contribution >= 4 is 16.9 Å². The van der Waals surface area contributed by atoms with Gasteiger partial charge in [0.15, 0.2) is 11.2 Å². The van der Waals surface area contributed by atoms with Gasteiger partial charge >= 0.3 is 0 Å². The fourth-order valence-electron chi connectivity index (χ4n) is 2.93. The summed E-state index contributed by atoms with van der Waals surface area (Å²) in [6.45, 7) is 0.0960. The number of hydrogen-bond donors (Lipinski definition) is 3. The highest BCUT2D eigenvalue weighted by molar-refractivity contribution is 5.93. The molecule has 0 saturated heterocycles. The molecule has 0 spiro atoms. The maximum Gasteiger partial charge on any atom is 0.291 e. The van der Waals surface area contributed by atoms with Crippen molar-refractivity contribution in [3.05, 3.63) is 44.7 Å². The Morgan fingerprint density at radius 1 is 1.30 bits per heavy atom. The molecular formula is C16H18N2O5. The Balaban J connectivity index is 1.82. The monoisotopic (exact) mass is 318 g/mol. The highest BCUT2D eigenvalue weighted by atomic mass is 16.4. The molecule has 23 heavy (non-hydrogen) atoms. The smallest absolute Gasteiger partial charge is 0.291 e. The van der Waals surface area contributed by atoms with Gasteiger partial charge in [0.2, 0.25) is 5.58 Å². The molecule has 1 fully saturated rings. The summed E-state index contributed by atoms with van der Waals surface area (Å²) in [5.74, 6) is -0.857. The zero-order valence-electron chi connectivity index (χ0n) is 12.6. The van der Waals surface area contributed by atoms with Gasteiger partial charge in [0.1, 0.15) is 0 Å². The van der Waals surface area contributed by atoms with E-state index >= 15 is 0 Å². The van der Waals surface area contributed by atoms with E-state index in [1.807, 2.05) is 0 Å². The van der Waals surface area contributed by atoms with E-state index in [1.165, 1.54) is 12.3 Å². The molecule has 2 aromatic heterocycles. The van der Waals surface area contributed by atoms with E-state index in [2.05, 4.69) is 10.3 Å². The van der Waals surface area contributed by atoms with E-state index in [1.54, 1.807) is 0 Å². The molecule has 7 heteroatoms. The lowest BCUT2D eigenvalue weighted by molar-refractivity contribution is 0.00503. The molecule has 1 amide bonds. The van der Waals surface area contributed by atoms with Gasteiger partial charge in [0.05, 0.1) is 11.0 Å². The zero-order chi connectivity index (χ0) is 16.4. The Morgan fingerprint density at radius 3 is 2.78 bits per heavy atom. The lowest BCUT2D eigenvalue weighted by Crippen LogP contribution is -2.44. The van der Waals surface area contributed by atoms with Gasteiger partial charge in [-0.05, 0) is 18.9 Å². The van der Waals surface area contributed by atoms with Crippen LogP contribution in [0.15, 0.2) is 32.3 Å². The van der Waals surface area contributed by atoms with Crippen LogP contribution in [0.3, 0.4) is 0 Å². The van der Waals surface area contributed by atoms with Crippen LogP contribution < -0.4 is 16.3 Å². The topological polar surface area (TPSA) is 112 Å². The molecule has 0 aliphatic heterocycles. The Kier molecular flexibility index (Phi) is 4.04. The first kappa shape index (κ1) is 15.5. The fourth-order valence-corrected chi connectivity index (χ4v) is 2.93. The van der Waals surface area contributed by atoms with E-state index in [0.29, 0.717) is 12.8 Å². The first-order chi connectivity index (χ1) is 11.0. The maximum atomic E-state index is 12.2. The predicted octanol–water partition coefficient (Wildman–Crippen LogP) is 0.906. The van der Waals surface area contributed by atoms with Gasteiger partial charge in [-0.1, -0.05) is 19.3 Å². The first-order valence-corrected chi connectivity index (χ1v) is 7.65. The fraction of sp³-hybridized carbons (Fsp3) is 0.438. The molecule has 0 atom stereocenters. The van der Waals surface area contributed by atoms with Crippen LogP contribution in [-0.4, -0.2) is 28.1 Å². The van der Waals surface area contributed by atoms with Crippen LogP contribution in [0, 0.1) is 0 Å². The predicted molar refractivity (Wildman–Crippen MR) is 83.5 cm³/mol. The maximum absolute atomic E-state index is 12.2. The Labute approximate surface area is 131 Å². The number of hydrogen-bond acceptors (Lipinski definition) is 5. The standard InChI is InChI=1S/C16H18N2O5/c19-11-8-12(23-13-10(11)4-7-17-15(13)21)14(20)18-9-16(22)5-2-1-3-6-16/h4,7-8,22H,1-3,5-6,9H2,(H,17,21)(H,18,20). The molecule has 1 aliphatic carbocycles. The molecule has 2 aromatic rings. The van der Waals surface area contributed by atoms with Crippen molar-refractivity contribution in [3.8, 4) is 0 Å². The number of nitrogens with one attached hydrogen (secondary N) is 2. The van der Waals surface area contributed by atoms with Gasteiger partial charge in [-0.2, -0.15) is 0 Å². The van der Waals surface area contributed by atoms with Crippen LogP contribution in [0.25, 0.3) is 11.0 Å². The minimum Gasteiger partial charge on any atom is -0.445 e. The Bertz CT molecular complexity index is 845. The number of carbonyl (C=O) groups excluding carboxylic acids is 1. The summed E-state index contributed by atoms with van der Waals surface area (Å²) in [5.41, 5.74) is -2.12. The lowest BCUT2D eigenvalue weighted by atomic mass is 9.85. The minimum absolute atomic E-state index is 0.0960. The number of rotatable bonds is 3. The lowest BCUT2D eigenvalue weighted by Gasteiger charge is -2.31. The molecule has 1 saturated carbocycles. The quantitative estimate of drug-likeness (QED) is 0.778. The van der Waals surface area contributed by atoms with E-state index in [4.69, 9.17) is 4.42 Å². The first-order valence-electron chi connectivity index (χ1n) is 7.65. The van der Waals surface area contributed by atoms with Crippen LogP contribution in [0.4, 0.5) is 0 Å². The number of pyridine rings is 1. The summed E-state index contributed by atoms with van der Waals surface area (Å²) in [6.07, 6.45) is 5.54. The van der Waals surface area contributed by atoms with Crippen LogP contribution >= 0.6 is 0 Å². The molecule has 1 aliphatic rings. The number of fused-ring (bicyclic) bond motifs is 1. The second-order valence-electron chi connectivity index (χ2n) is 5.99. The van der Waals surface area contributed by atoms with Crippen molar-refractivity contribution in [1.29, 1.82) is 0 Å². The van der Waals surface area contributed by atoms with Crippen molar-refractivity contribution in [2.24, 2.45) is 0 Å². The van der Waals surface area contributed by atoms with Crippen molar-refractivity contribution in [3.63, 3.8) is 0 Å². The third-order valence-electron chi connectivity index (χ3n) is 4.24. The van der Waals surface area contributed by atoms with Gasteiger partial charge in [-0.3, -0.25) is 14.4 Å². The molecule has 2 heterocycles. The summed E-state index contributed by atoms with van der Waals surface area (Å²) in [7, 11) is 0. The van der Waals surface area contributed by atoms with Crippen molar-refractivity contribution in [2.45, 2.75) is 37.7 Å². The largest absolute Gasteiger partial charge is 0.445 e. The average Bonchev–Trinajstić information content (AvgIpc) is 2.54. The normalized spacial score (nSPS) is 17.1.